The van der Waals surface area contributed by atoms with Crippen LogP contribution in [0.25, 0.3) is 22.3 Å². The maximum absolute atomic E-state index is 13.6. The number of halogens is 3. The molecular formula is C36H47F3N8O2Si. The molecular weight excluding hydrogens is 662 g/mol. The number of ether oxygens (including phenoxy) is 2. The van der Waals surface area contributed by atoms with Crippen LogP contribution in [0, 0.1) is 11.3 Å². The van der Waals surface area contributed by atoms with E-state index in [2.05, 4.69) is 40.6 Å². The Morgan fingerprint density at radius 1 is 1.10 bits per heavy atom. The molecule has 268 valence electrons. The standard InChI is InChI=1S/C36H47F3N8O2Si/c1-44(2)22-26-16-28(36(37,38)39)18-31(17-26)49-30-6-11-45(12-7-30)29-19-35(20-29,9-10-40)47-23-27(21-43-47)33-32-8-13-46(34(32)42-24-41-33)25-48-14-15-50(3,4)5/h8,13,16-18,21,23-24,29-30H,6-7,9,11-12,14-15,19-20,22,25H2,1-5H3/t29-,35+. The topological polar surface area (TPSA) is 97.3 Å². The van der Waals surface area contributed by atoms with E-state index >= 15 is 0 Å². The molecule has 2 fully saturated rings. The highest BCUT2D eigenvalue weighted by Gasteiger charge is 2.49. The summed E-state index contributed by atoms with van der Waals surface area (Å²) in [7, 11) is 2.48. The first kappa shape index (κ1) is 36.0. The van der Waals surface area contributed by atoms with Crippen LogP contribution in [0.5, 0.6) is 5.75 Å². The minimum Gasteiger partial charge on any atom is -0.490 e. The zero-order valence-electron chi connectivity index (χ0n) is 29.6. The molecule has 4 heterocycles. The van der Waals surface area contributed by atoms with Crippen molar-refractivity contribution in [2.75, 3.05) is 33.8 Å². The van der Waals surface area contributed by atoms with E-state index < -0.39 is 25.4 Å². The molecule has 1 aromatic carbocycles. The lowest BCUT2D eigenvalue weighted by Gasteiger charge is -2.52. The summed E-state index contributed by atoms with van der Waals surface area (Å²) in [5.74, 6) is 0.268. The molecule has 10 nitrogen and oxygen atoms in total. The zero-order valence-corrected chi connectivity index (χ0v) is 30.6. The lowest BCUT2D eigenvalue weighted by Crippen LogP contribution is -2.58. The average molecular weight is 709 g/mol. The van der Waals surface area contributed by atoms with Gasteiger partial charge in [-0.2, -0.15) is 23.5 Å². The van der Waals surface area contributed by atoms with Crippen molar-refractivity contribution >= 4 is 19.1 Å². The molecule has 4 aromatic rings. The van der Waals surface area contributed by atoms with Crippen molar-refractivity contribution in [3.8, 4) is 23.1 Å². The van der Waals surface area contributed by atoms with Crippen molar-refractivity contribution in [3.63, 3.8) is 0 Å². The molecule has 0 bridgehead atoms. The highest BCUT2D eigenvalue weighted by atomic mass is 28.3. The largest absolute Gasteiger partial charge is 0.490 e. The lowest BCUT2D eigenvalue weighted by molar-refractivity contribution is -0.137. The number of aromatic nitrogens is 5. The summed E-state index contributed by atoms with van der Waals surface area (Å²) in [5.41, 5.74) is 1.95. The van der Waals surface area contributed by atoms with Gasteiger partial charge in [-0.1, -0.05) is 19.6 Å². The van der Waals surface area contributed by atoms with Crippen molar-refractivity contribution < 1.29 is 22.6 Å². The fourth-order valence-corrected chi connectivity index (χ4v) is 7.88. The van der Waals surface area contributed by atoms with Crippen LogP contribution in [0.4, 0.5) is 13.2 Å². The lowest BCUT2D eigenvalue weighted by atomic mass is 9.69. The molecule has 6 rings (SSSR count). The average Bonchev–Trinajstić information content (AvgIpc) is 3.68. The van der Waals surface area contributed by atoms with Crippen LogP contribution >= 0.6 is 0 Å². The molecule has 1 aliphatic heterocycles. The van der Waals surface area contributed by atoms with Gasteiger partial charge < -0.3 is 18.9 Å². The van der Waals surface area contributed by atoms with E-state index in [9.17, 15) is 18.4 Å². The second kappa shape index (κ2) is 14.5. The molecule has 3 aromatic heterocycles. The van der Waals surface area contributed by atoms with Gasteiger partial charge in [0.25, 0.3) is 0 Å². The first-order chi connectivity index (χ1) is 23.7. The van der Waals surface area contributed by atoms with E-state index in [1.165, 1.54) is 6.07 Å². The highest BCUT2D eigenvalue weighted by Crippen LogP contribution is 2.46. The minimum absolute atomic E-state index is 0.157. The maximum Gasteiger partial charge on any atom is 0.416 e. The number of hydrogen-bond acceptors (Lipinski definition) is 8. The van der Waals surface area contributed by atoms with Gasteiger partial charge in [0.2, 0.25) is 0 Å². The van der Waals surface area contributed by atoms with E-state index in [0.29, 0.717) is 25.3 Å². The van der Waals surface area contributed by atoms with Crippen LogP contribution in [0.1, 0.15) is 43.2 Å². The Labute approximate surface area is 292 Å². The molecule has 0 spiro atoms. The van der Waals surface area contributed by atoms with Gasteiger partial charge in [0, 0.05) is 63.7 Å². The first-order valence-corrected chi connectivity index (χ1v) is 21.0. The van der Waals surface area contributed by atoms with Crippen LogP contribution in [-0.2, 0) is 29.7 Å². The van der Waals surface area contributed by atoms with Crippen LogP contribution in [0.2, 0.25) is 25.7 Å². The van der Waals surface area contributed by atoms with Gasteiger partial charge in [0.15, 0.2) is 0 Å². The van der Waals surface area contributed by atoms with E-state index in [0.717, 1.165) is 79.8 Å². The molecule has 14 heteroatoms. The molecule has 0 N–H and O–H groups in total. The Morgan fingerprint density at radius 2 is 1.86 bits per heavy atom. The molecule has 0 unspecified atom stereocenters. The summed E-state index contributed by atoms with van der Waals surface area (Å²) < 4.78 is 56.9. The van der Waals surface area contributed by atoms with Crippen molar-refractivity contribution in [2.45, 2.75) is 94.9 Å². The maximum atomic E-state index is 13.6. The number of alkyl halides is 3. The van der Waals surface area contributed by atoms with Gasteiger partial charge in [-0.25, -0.2) is 9.97 Å². The van der Waals surface area contributed by atoms with Crippen LogP contribution < -0.4 is 4.74 Å². The van der Waals surface area contributed by atoms with E-state index in [1.807, 2.05) is 52.9 Å². The van der Waals surface area contributed by atoms with Gasteiger partial charge in [-0.05, 0) is 75.7 Å². The third kappa shape index (κ3) is 8.23. The highest BCUT2D eigenvalue weighted by molar-refractivity contribution is 6.76. The number of nitriles is 1. The number of piperidine rings is 1. The molecule has 2 aliphatic rings. The molecule has 50 heavy (non-hydrogen) atoms. The molecule has 0 atom stereocenters. The number of nitrogens with zero attached hydrogens (tertiary/aromatic N) is 8. The Hall–Kier alpha value is -3.77. The number of hydrogen-bond donors (Lipinski definition) is 0. The van der Waals surface area contributed by atoms with Crippen LogP contribution in [0.3, 0.4) is 0 Å². The Morgan fingerprint density at radius 3 is 2.54 bits per heavy atom. The Balaban J connectivity index is 1.08. The smallest absolute Gasteiger partial charge is 0.416 e. The molecule has 1 aliphatic carbocycles. The fraction of sp³-hybridized carbons (Fsp3) is 0.556. The Bertz CT molecular complexity index is 1810. The monoisotopic (exact) mass is 708 g/mol. The summed E-state index contributed by atoms with van der Waals surface area (Å²) in [6.07, 6.45) is 6.14. The molecule has 1 saturated carbocycles. The first-order valence-electron chi connectivity index (χ1n) is 17.3. The van der Waals surface area contributed by atoms with Gasteiger partial charge >= 0.3 is 6.18 Å². The molecule has 0 radical (unpaired) electrons. The summed E-state index contributed by atoms with van der Waals surface area (Å²) in [6, 6.07) is 9.82. The van der Waals surface area contributed by atoms with Gasteiger partial charge in [-0.3, -0.25) is 9.58 Å². The fourth-order valence-electron chi connectivity index (χ4n) is 7.12. The van der Waals surface area contributed by atoms with E-state index in [1.54, 1.807) is 12.4 Å². The van der Waals surface area contributed by atoms with Gasteiger partial charge in [0.05, 0.1) is 35.5 Å². The van der Waals surface area contributed by atoms with Crippen molar-refractivity contribution in [2.24, 2.45) is 0 Å². The van der Waals surface area contributed by atoms with Crippen molar-refractivity contribution in [1.82, 2.24) is 34.1 Å². The molecule has 1 saturated heterocycles. The van der Waals surface area contributed by atoms with Gasteiger partial charge in [0.1, 0.15) is 30.6 Å². The van der Waals surface area contributed by atoms with Crippen molar-refractivity contribution in [3.05, 3.63) is 60.3 Å². The zero-order chi connectivity index (χ0) is 35.7. The summed E-state index contributed by atoms with van der Waals surface area (Å²) in [5, 5.41) is 15.5. The Kier molecular flexibility index (Phi) is 10.4. The number of rotatable bonds is 13. The quantitative estimate of drug-likeness (QED) is 0.108. The SMILES string of the molecule is CN(C)Cc1cc(OC2CCN([C@H]3C[C@@](CC#N)(n4cc(-c5ncnc6c5ccn6COCC[Si](C)(C)C)cn4)C3)CC2)cc(C(F)(F)F)c1. The van der Waals surface area contributed by atoms with E-state index in [4.69, 9.17) is 14.6 Å². The predicted octanol–water partition coefficient (Wildman–Crippen LogP) is 7.00. The van der Waals surface area contributed by atoms with Crippen LogP contribution in [0.15, 0.2) is 49.2 Å². The third-order valence-corrected chi connectivity index (χ3v) is 11.6. The minimum atomic E-state index is -4.44. The van der Waals surface area contributed by atoms with E-state index in [-0.39, 0.29) is 17.9 Å². The second-order valence-corrected chi connectivity index (χ2v) is 21.0. The van der Waals surface area contributed by atoms with Crippen molar-refractivity contribution in [1.29, 1.82) is 5.26 Å². The summed E-state index contributed by atoms with van der Waals surface area (Å²) >= 11 is 0. The number of benzene rings is 1. The second-order valence-electron chi connectivity index (χ2n) is 15.3. The van der Waals surface area contributed by atoms with Gasteiger partial charge in [-0.15, -0.1) is 0 Å². The molecule has 0 amide bonds. The normalized spacial score (nSPS) is 20.7. The number of fused-ring (bicyclic) bond motifs is 1. The predicted molar refractivity (Wildman–Crippen MR) is 188 cm³/mol. The summed E-state index contributed by atoms with van der Waals surface area (Å²) in [6.45, 7) is 10.1. The third-order valence-electron chi connectivity index (χ3n) is 9.85. The number of likely N-dealkylation sites (tertiary alicyclic amines) is 1. The van der Waals surface area contributed by atoms with Crippen LogP contribution in [-0.4, -0.2) is 88.1 Å². The summed E-state index contributed by atoms with van der Waals surface area (Å²) in [4.78, 5) is 13.4.